The molecule has 100 valence electrons. The quantitative estimate of drug-likeness (QED) is 0.422. The van der Waals surface area contributed by atoms with Gasteiger partial charge in [0.2, 0.25) is 0 Å². The fourth-order valence-electron chi connectivity index (χ4n) is 1.52. The van der Waals surface area contributed by atoms with Crippen LogP contribution in [0.2, 0.25) is 0 Å². The van der Waals surface area contributed by atoms with Gasteiger partial charge in [-0.1, -0.05) is 38.5 Å². The maximum absolute atomic E-state index is 10.5. The first kappa shape index (κ1) is 18.8. The first-order valence-electron chi connectivity index (χ1n) is 5.81. The maximum atomic E-state index is 10.5. The summed E-state index contributed by atoms with van der Waals surface area (Å²) in [6, 6.07) is 0. The van der Waals surface area contributed by atoms with E-state index >= 15 is 0 Å². The molecule has 0 aromatic heterocycles. The summed E-state index contributed by atoms with van der Waals surface area (Å²) in [5, 5.41) is 0. The highest BCUT2D eigenvalue weighted by Gasteiger charge is 2.10. The van der Waals surface area contributed by atoms with Crippen LogP contribution in [0.4, 0.5) is 0 Å². The first-order valence-corrected chi connectivity index (χ1v) is 7.60. The third kappa shape index (κ3) is 16.8. The Labute approximate surface area is 105 Å². The second kappa shape index (κ2) is 11.9. The zero-order valence-electron chi connectivity index (χ0n) is 9.81. The lowest BCUT2D eigenvalue weighted by Gasteiger charge is -2.03. The van der Waals surface area contributed by atoms with E-state index in [0.29, 0.717) is 6.42 Å². The fraction of sp³-hybridized carbons (Fsp3) is 1.00. The van der Waals surface area contributed by atoms with Crippen LogP contribution in [-0.2, 0) is 4.57 Å². The molecular weight excluding hydrogens is 249 g/mol. The number of halogens is 1. The van der Waals surface area contributed by atoms with Crippen molar-refractivity contribution in [2.45, 2.75) is 51.4 Å². The van der Waals surface area contributed by atoms with Crippen LogP contribution in [0.1, 0.15) is 51.4 Å². The predicted octanol–water partition coefficient (Wildman–Crippen LogP) is 2.67. The van der Waals surface area contributed by atoms with Gasteiger partial charge >= 0.3 is 7.60 Å². The summed E-state index contributed by atoms with van der Waals surface area (Å²) in [5.41, 5.74) is 5.38. The zero-order chi connectivity index (χ0) is 11.6. The summed E-state index contributed by atoms with van der Waals surface area (Å²) in [5.74, 6) is 0. The Morgan fingerprint density at radius 3 is 1.56 bits per heavy atom. The number of rotatable bonds is 10. The van der Waals surface area contributed by atoms with Crippen molar-refractivity contribution >= 4 is 20.0 Å². The average molecular weight is 274 g/mol. The molecule has 0 aliphatic carbocycles. The standard InChI is InChI=1S/C10H24NO3P.ClH/c11-9-7-5-3-1-2-4-6-8-10-15(12,13)14;/h1-11H2,(H2,12,13,14);1H. The molecule has 0 amide bonds. The van der Waals surface area contributed by atoms with Gasteiger partial charge in [-0.2, -0.15) is 0 Å². The molecule has 0 heterocycles. The van der Waals surface area contributed by atoms with E-state index in [1.807, 2.05) is 0 Å². The fourth-order valence-corrected chi connectivity index (χ4v) is 2.16. The van der Waals surface area contributed by atoms with Crippen molar-refractivity contribution in [2.75, 3.05) is 12.7 Å². The van der Waals surface area contributed by atoms with E-state index in [-0.39, 0.29) is 18.6 Å². The van der Waals surface area contributed by atoms with Crippen LogP contribution < -0.4 is 5.73 Å². The molecule has 0 bridgehead atoms. The summed E-state index contributed by atoms with van der Waals surface area (Å²) < 4.78 is 10.5. The SMILES string of the molecule is Cl.NCCCCCCCCCCP(=O)(O)O. The van der Waals surface area contributed by atoms with E-state index in [9.17, 15) is 4.57 Å². The summed E-state index contributed by atoms with van der Waals surface area (Å²) in [7, 11) is -3.75. The molecule has 4 N–H and O–H groups in total. The molecule has 0 atom stereocenters. The Bertz CT molecular complexity index is 187. The maximum Gasteiger partial charge on any atom is 0.325 e. The lowest BCUT2D eigenvalue weighted by Crippen LogP contribution is -1.97. The highest BCUT2D eigenvalue weighted by Crippen LogP contribution is 2.35. The summed E-state index contributed by atoms with van der Waals surface area (Å²) in [6.45, 7) is 0.780. The van der Waals surface area contributed by atoms with Gasteiger partial charge in [0.1, 0.15) is 0 Å². The van der Waals surface area contributed by atoms with Crippen LogP contribution >= 0.6 is 20.0 Å². The molecule has 0 aliphatic rings. The van der Waals surface area contributed by atoms with Gasteiger partial charge < -0.3 is 15.5 Å². The lowest BCUT2D eigenvalue weighted by molar-refractivity contribution is 0.370. The van der Waals surface area contributed by atoms with Crippen molar-refractivity contribution in [3.05, 3.63) is 0 Å². The van der Waals surface area contributed by atoms with Crippen molar-refractivity contribution in [3.63, 3.8) is 0 Å². The molecule has 0 saturated carbocycles. The largest absolute Gasteiger partial charge is 0.330 e. The molecule has 4 nitrogen and oxygen atoms in total. The molecule has 0 fully saturated rings. The molecule has 6 heteroatoms. The van der Waals surface area contributed by atoms with Crippen LogP contribution in [0.5, 0.6) is 0 Å². The molecule has 0 rings (SSSR count). The minimum absolute atomic E-state index is 0. The summed E-state index contributed by atoms with van der Waals surface area (Å²) in [4.78, 5) is 17.2. The monoisotopic (exact) mass is 273 g/mol. The van der Waals surface area contributed by atoms with E-state index in [0.717, 1.165) is 25.8 Å². The Morgan fingerprint density at radius 2 is 1.19 bits per heavy atom. The Kier molecular flexibility index (Phi) is 13.9. The van der Waals surface area contributed by atoms with E-state index in [1.165, 1.54) is 25.7 Å². The van der Waals surface area contributed by atoms with E-state index in [4.69, 9.17) is 15.5 Å². The summed E-state index contributed by atoms with van der Waals surface area (Å²) >= 11 is 0. The Morgan fingerprint density at radius 1 is 0.812 bits per heavy atom. The number of nitrogens with two attached hydrogens (primary N) is 1. The van der Waals surface area contributed by atoms with E-state index in [2.05, 4.69) is 0 Å². The van der Waals surface area contributed by atoms with Gasteiger partial charge in [-0.3, -0.25) is 4.57 Å². The van der Waals surface area contributed by atoms with Gasteiger partial charge in [0.05, 0.1) is 0 Å². The Balaban J connectivity index is 0. The van der Waals surface area contributed by atoms with Crippen molar-refractivity contribution in [2.24, 2.45) is 5.73 Å². The minimum Gasteiger partial charge on any atom is -0.330 e. The lowest BCUT2D eigenvalue weighted by atomic mass is 10.1. The predicted molar refractivity (Wildman–Crippen MR) is 70.1 cm³/mol. The van der Waals surface area contributed by atoms with Gasteiger partial charge in [0, 0.05) is 6.16 Å². The second-order valence-corrected chi connectivity index (χ2v) is 5.78. The van der Waals surface area contributed by atoms with E-state index in [1.54, 1.807) is 0 Å². The van der Waals surface area contributed by atoms with Crippen molar-refractivity contribution in [1.29, 1.82) is 0 Å². The van der Waals surface area contributed by atoms with Gasteiger partial charge in [0.15, 0.2) is 0 Å². The smallest absolute Gasteiger partial charge is 0.325 e. The van der Waals surface area contributed by atoms with Gasteiger partial charge in [-0.15, -0.1) is 12.4 Å². The van der Waals surface area contributed by atoms with E-state index < -0.39 is 7.60 Å². The van der Waals surface area contributed by atoms with Crippen LogP contribution in [0.3, 0.4) is 0 Å². The van der Waals surface area contributed by atoms with Crippen LogP contribution in [0.15, 0.2) is 0 Å². The van der Waals surface area contributed by atoms with Crippen molar-refractivity contribution in [3.8, 4) is 0 Å². The number of hydrogen-bond donors (Lipinski definition) is 3. The van der Waals surface area contributed by atoms with Crippen LogP contribution in [-0.4, -0.2) is 22.5 Å². The molecule has 0 unspecified atom stereocenters. The second-order valence-electron chi connectivity index (χ2n) is 4.01. The zero-order valence-corrected chi connectivity index (χ0v) is 11.5. The number of unbranched alkanes of at least 4 members (excludes halogenated alkanes) is 7. The third-order valence-corrected chi connectivity index (χ3v) is 3.30. The van der Waals surface area contributed by atoms with Gasteiger partial charge in [0.25, 0.3) is 0 Å². The number of hydrogen-bond acceptors (Lipinski definition) is 2. The summed E-state index contributed by atoms with van der Waals surface area (Å²) in [6.07, 6.45) is 8.65. The first-order chi connectivity index (χ1) is 7.06. The molecule has 0 aromatic carbocycles. The van der Waals surface area contributed by atoms with Crippen molar-refractivity contribution in [1.82, 2.24) is 0 Å². The molecule has 0 radical (unpaired) electrons. The van der Waals surface area contributed by atoms with Crippen molar-refractivity contribution < 1.29 is 14.4 Å². The Hall–Kier alpha value is 0.400. The molecule has 0 aromatic rings. The molecule has 0 saturated heterocycles. The van der Waals surface area contributed by atoms with Gasteiger partial charge in [-0.25, -0.2) is 0 Å². The highest BCUT2D eigenvalue weighted by atomic mass is 35.5. The molecule has 0 spiro atoms. The molecular formula is C10H25ClNO3P. The molecule has 0 aliphatic heterocycles. The topological polar surface area (TPSA) is 83.6 Å². The highest BCUT2D eigenvalue weighted by molar-refractivity contribution is 7.51. The average Bonchev–Trinajstić information content (AvgIpc) is 2.14. The minimum atomic E-state index is -3.75. The molecule has 16 heavy (non-hydrogen) atoms. The normalized spacial score (nSPS) is 11.2. The van der Waals surface area contributed by atoms with Crippen LogP contribution in [0, 0.1) is 0 Å². The van der Waals surface area contributed by atoms with Crippen LogP contribution in [0.25, 0.3) is 0 Å². The third-order valence-electron chi connectivity index (χ3n) is 2.40. The van der Waals surface area contributed by atoms with Gasteiger partial charge in [-0.05, 0) is 19.4 Å².